The Morgan fingerprint density at radius 2 is 1.79 bits per heavy atom. The monoisotopic (exact) mass is 600 g/mol. The van der Waals surface area contributed by atoms with Crippen molar-refractivity contribution >= 4 is 78.3 Å². The highest BCUT2D eigenvalue weighted by molar-refractivity contribution is 14.1. The molecule has 1 aliphatic heterocycles. The Hall–Kier alpha value is -2.75. The van der Waals surface area contributed by atoms with Crippen LogP contribution in [0.3, 0.4) is 0 Å². The molecule has 1 aromatic heterocycles. The number of aliphatic hydroxyl groups excluding tert-OH is 1. The van der Waals surface area contributed by atoms with E-state index < -0.39 is 17.7 Å². The van der Waals surface area contributed by atoms with Gasteiger partial charge in [0.25, 0.3) is 5.78 Å². The molecule has 0 bridgehead atoms. The third kappa shape index (κ3) is 3.91. The van der Waals surface area contributed by atoms with Crippen molar-refractivity contribution in [3.8, 4) is 0 Å². The molecule has 1 saturated heterocycles. The highest BCUT2D eigenvalue weighted by Crippen LogP contribution is 2.44. The first kappa shape index (κ1) is 23.0. The molecule has 4 aromatic rings. The highest BCUT2D eigenvalue weighted by atomic mass is 127. The molecule has 2 heterocycles. The number of anilines is 1. The van der Waals surface area contributed by atoms with Crippen molar-refractivity contribution < 1.29 is 14.7 Å². The molecule has 8 heteroatoms. The van der Waals surface area contributed by atoms with Crippen molar-refractivity contribution in [1.82, 2.24) is 4.98 Å². The van der Waals surface area contributed by atoms with Gasteiger partial charge in [-0.3, -0.25) is 14.5 Å². The molecule has 3 aromatic carbocycles. The Morgan fingerprint density at radius 3 is 2.53 bits per heavy atom. The lowest BCUT2D eigenvalue weighted by atomic mass is 9.93. The van der Waals surface area contributed by atoms with E-state index in [0.29, 0.717) is 26.8 Å². The first-order valence-corrected chi connectivity index (χ1v) is 12.7. The van der Waals surface area contributed by atoms with Gasteiger partial charge in [0, 0.05) is 14.2 Å². The van der Waals surface area contributed by atoms with Crippen molar-refractivity contribution in [2.24, 2.45) is 0 Å². The summed E-state index contributed by atoms with van der Waals surface area (Å²) < 4.78 is 1.82. The third-order valence-electron chi connectivity index (χ3n) is 5.82. The quantitative estimate of drug-likeness (QED) is 0.122. The molecular weight excluding hydrogens is 583 g/mol. The maximum Gasteiger partial charge on any atom is 0.301 e. The van der Waals surface area contributed by atoms with Crippen LogP contribution in [0.5, 0.6) is 0 Å². The Morgan fingerprint density at radius 1 is 1.06 bits per heavy atom. The van der Waals surface area contributed by atoms with E-state index in [1.807, 2.05) is 56.3 Å². The van der Waals surface area contributed by atoms with Gasteiger partial charge in [0.05, 0.1) is 21.8 Å². The number of amides is 1. The molecular formula is C26H18ClIN2O3S. The minimum atomic E-state index is -0.812. The standard InChI is InChI=1S/C26H18ClIN2O3S/c1-13-3-4-14(2)18(11-13)23(31)21-22(15-5-8-17(28)9-6-15)30(25(33)24(21)32)26-29-19-10-7-16(27)12-20(19)34-26/h3-12,22,31H,1-2H3/b23-21+. The van der Waals surface area contributed by atoms with Gasteiger partial charge < -0.3 is 5.11 Å². The molecule has 0 radical (unpaired) electrons. The number of ketones is 1. The summed E-state index contributed by atoms with van der Waals surface area (Å²) in [5, 5.41) is 12.3. The summed E-state index contributed by atoms with van der Waals surface area (Å²) in [6.45, 7) is 3.78. The second kappa shape index (κ2) is 8.79. The summed E-state index contributed by atoms with van der Waals surface area (Å²) in [6.07, 6.45) is 0. The maximum absolute atomic E-state index is 13.4. The van der Waals surface area contributed by atoms with Crippen molar-refractivity contribution in [2.75, 3.05) is 4.90 Å². The third-order valence-corrected chi connectivity index (χ3v) is 7.80. The number of halogens is 2. The molecule has 0 saturated carbocycles. The van der Waals surface area contributed by atoms with Crippen molar-refractivity contribution in [3.63, 3.8) is 0 Å². The fourth-order valence-electron chi connectivity index (χ4n) is 4.12. The van der Waals surface area contributed by atoms with Crippen LogP contribution in [0.25, 0.3) is 16.0 Å². The first-order chi connectivity index (χ1) is 16.2. The second-order valence-corrected chi connectivity index (χ2v) is 10.8. The Labute approximate surface area is 218 Å². The lowest BCUT2D eigenvalue weighted by Crippen LogP contribution is -2.29. The number of carbonyl (C=O) groups excluding carboxylic acids is 2. The topological polar surface area (TPSA) is 70.5 Å². The van der Waals surface area contributed by atoms with Crippen LogP contribution in [0.2, 0.25) is 5.02 Å². The fourth-order valence-corrected chi connectivity index (χ4v) is 5.74. The number of carbonyl (C=O) groups is 2. The fraction of sp³-hybridized carbons (Fsp3) is 0.115. The van der Waals surface area contributed by atoms with Gasteiger partial charge in [0.2, 0.25) is 0 Å². The summed E-state index contributed by atoms with van der Waals surface area (Å²) in [7, 11) is 0. The summed E-state index contributed by atoms with van der Waals surface area (Å²) in [5.74, 6) is -1.64. The molecule has 5 rings (SSSR count). The van der Waals surface area contributed by atoms with Gasteiger partial charge in [0.15, 0.2) is 5.13 Å². The van der Waals surface area contributed by atoms with Crippen molar-refractivity contribution in [1.29, 1.82) is 0 Å². The van der Waals surface area contributed by atoms with Crippen LogP contribution in [0.15, 0.2) is 66.2 Å². The van der Waals surface area contributed by atoms with E-state index >= 15 is 0 Å². The average Bonchev–Trinajstić information content (AvgIpc) is 3.33. The zero-order valence-corrected chi connectivity index (χ0v) is 21.9. The molecule has 1 N–H and O–H groups in total. The van der Waals surface area contributed by atoms with Gasteiger partial charge in [-0.05, 0) is 84.0 Å². The van der Waals surface area contributed by atoms with Crippen molar-refractivity contribution in [3.05, 3.63) is 97.1 Å². The summed E-state index contributed by atoms with van der Waals surface area (Å²) in [4.78, 5) is 32.7. The first-order valence-electron chi connectivity index (χ1n) is 10.4. The molecule has 34 heavy (non-hydrogen) atoms. The van der Waals surface area contributed by atoms with Gasteiger partial charge in [-0.2, -0.15) is 0 Å². The molecule has 5 nitrogen and oxygen atoms in total. The number of aliphatic hydroxyl groups is 1. The molecule has 1 aliphatic rings. The molecule has 1 amide bonds. The van der Waals surface area contributed by atoms with E-state index in [1.165, 1.54) is 16.2 Å². The number of benzene rings is 3. The van der Waals surface area contributed by atoms with Crippen LogP contribution >= 0.6 is 45.5 Å². The molecule has 1 atom stereocenters. The van der Waals surface area contributed by atoms with E-state index in [9.17, 15) is 14.7 Å². The SMILES string of the molecule is Cc1ccc(C)c(/C(O)=C2\C(=O)C(=O)N(c3nc4ccc(Cl)cc4s3)C2c2ccc(I)cc2)c1. The number of aryl methyl sites for hydroxylation is 2. The summed E-state index contributed by atoms with van der Waals surface area (Å²) >= 11 is 9.63. The molecule has 0 aliphatic carbocycles. The van der Waals surface area contributed by atoms with Crippen LogP contribution in [0, 0.1) is 17.4 Å². The Bertz CT molecular complexity index is 1510. The highest BCUT2D eigenvalue weighted by Gasteiger charge is 2.48. The number of Topliss-reactive ketones (excluding diaryl/α,β-unsaturated/α-hetero) is 1. The zero-order chi connectivity index (χ0) is 24.1. The molecule has 0 spiro atoms. The van der Waals surface area contributed by atoms with E-state index in [-0.39, 0.29) is 11.3 Å². The number of hydrogen-bond acceptors (Lipinski definition) is 5. The second-order valence-electron chi connectivity index (χ2n) is 8.15. The number of hydrogen-bond donors (Lipinski definition) is 1. The molecule has 170 valence electrons. The zero-order valence-electron chi connectivity index (χ0n) is 18.2. The number of fused-ring (bicyclic) bond motifs is 1. The van der Waals surface area contributed by atoms with Crippen molar-refractivity contribution in [2.45, 2.75) is 19.9 Å². The number of rotatable bonds is 3. The van der Waals surface area contributed by atoms with Crippen LogP contribution in [-0.2, 0) is 9.59 Å². The van der Waals surface area contributed by atoms with E-state index in [4.69, 9.17) is 11.6 Å². The van der Waals surface area contributed by atoms with Crippen LogP contribution < -0.4 is 4.90 Å². The number of nitrogens with zero attached hydrogens (tertiary/aromatic N) is 2. The molecule has 1 fully saturated rings. The predicted octanol–water partition coefficient (Wildman–Crippen LogP) is 6.80. The largest absolute Gasteiger partial charge is 0.507 e. The van der Waals surface area contributed by atoms with E-state index in [1.54, 1.807) is 18.2 Å². The van der Waals surface area contributed by atoms with Gasteiger partial charge in [0.1, 0.15) is 5.76 Å². The van der Waals surface area contributed by atoms with E-state index in [0.717, 1.165) is 19.4 Å². The van der Waals surface area contributed by atoms with Crippen LogP contribution in [-0.4, -0.2) is 21.8 Å². The van der Waals surface area contributed by atoms with Gasteiger partial charge in [-0.25, -0.2) is 4.98 Å². The predicted molar refractivity (Wildman–Crippen MR) is 144 cm³/mol. The normalized spacial score (nSPS) is 17.6. The van der Waals surface area contributed by atoms with Crippen LogP contribution in [0.1, 0.15) is 28.3 Å². The Kier molecular flexibility index (Phi) is 5.95. The van der Waals surface area contributed by atoms with Gasteiger partial charge >= 0.3 is 5.91 Å². The van der Waals surface area contributed by atoms with Crippen LogP contribution in [0.4, 0.5) is 5.13 Å². The summed E-state index contributed by atoms with van der Waals surface area (Å²) in [6, 6.07) is 17.7. The van der Waals surface area contributed by atoms with E-state index in [2.05, 4.69) is 27.6 Å². The number of thiazole rings is 1. The number of aromatic nitrogens is 1. The lowest BCUT2D eigenvalue weighted by Gasteiger charge is -2.23. The van der Waals surface area contributed by atoms with Gasteiger partial charge in [-0.15, -0.1) is 0 Å². The minimum absolute atomic E-state index is 0.0530. The average molecular weight is 601 g/mol. The maximum atomic E-state index is 13.4. The molecule has 1 unspecified atom stereocenters. The summed E-state index contributed by atoms with van der Waals surface area (Å²) in [5.41, 5.74) is 3.73. The minimum Gasteiger partial charge on any atom is -0.507 e. The Balaban J connectivity index is 1.76. The smallest absolute Gasteiger partial charge is 0.301 e. The van der Waals surface area contributed by atoms with Gasteiger partial charge in [-0.1, -0.05) is 52.8 Å². The lowest BCUT2D eigenvalue weighted by molar-refractivity contribution is -0.132.